The predicted molar refractivity (Wildman–Crippen MR) is 109 cm³/mol. The van der Waals surface area contributed by atoms with Crippen molar-refractivity contribution in [3.05, 3.63) is 40.5 Å². The maximum atomic E-state index is 11.5. The van der Waals surface area contributed by atoms with E-state index in [2.05, 4.69) is 31.5 Å². The van der Waals surface area contributed by atoms with E-state index in [0.29, 0.717) is 37.7 Å². The number of carbonyl (C=O) groups excluding carboxylic acids is 1. The lowest BCUT2D eigenvalue weighted by molar-refractivity contribution is -0.120. The maximum absolute atomic E-state index is 11.5. The summed E-state index contributed by atoms with van der Waals surface area (Å²) in [6.07, 6.45) is 1.78. The molecule has 1 amide bonds. The normalized spacial score (nSPS) is 13.9. The van der Waals surface area contributed by atoms with Crippen molar-refractivity contribution in [2.45, 2.75) is 13.5 Å². The SMILES string of the molecule is CCOc1cc(CNc2ccc(N3CCNC(=O)C3)nc2)cc(Br)c1OC. The number of nitrogens with one attached hydrogen (secondary N) is 2. The van der Waals surface area contributed by atoms with Gasteiger partial charge in [0.15, 0.2) is 11.5 Å². The molecule has 0 spiro atoms. The van der Waals surface area contributed by atoms with Crippen molar-refractivity contribution in [1.29, 1.82) is 0 Å². The van der Waals surface area contributed by atoms with Crippen LogP contribution < -0.4 is 25.0 Å². The molecule has 1 aliphatic rings. The average molecular weight is 435 g/mol. The van der Waals surface area contributed by atoms with Crippen LogP contribution in [-0.4, -0.2) is 44.2 Å². The monoisotopic (exact) mass is 434 g/mol. The summed E-state index contributed by atoms with van der Waals surface area (Å²) in [6, 6.07) is 7.87. The van der Waals surface area contributed by atoms with Crippen molar-refractivity contribution in [2.24, 2.45) is 0 Å². The zero-order valence-corrected chi connectivity index (χ0v) is 17.0. The molecule has 144 valence electrons. The topological polar surface area (TPSA) is 75.7 Å². The number of halogens is 1. The number of carbonyl (C=O) groups is 1. The third-order valence-corrected chi connectivity index (χ3v) is 4.77. The molecule has 1 fully saturated rings. The second kappa shape index (κ2) is 8.94. The number of benzene rings is 1. The number of hydrogen-bond acceptors (Lipinski definition) is 6. The second-order valence-electron chi connectivity index (χ2n) is 6.07. The summed E-state index contributed by atoms with van der Waals surface area (Å²) in [4.78, 5) is 17.9. The van der Waals surface area contributed by atoms with Gasteiger partial charge < -0.3 is 25.0 Å². The molecule has 0 bridgehead atoms. The molecule has 0 atom stereocenters. The third-order valence-electron chi connectivity index (χ3n) is 4.18. The highest BCUT2D eigenvalue weighted by atomic mass is 79.9. The number of pyridine rings is 1. The Morgan fingerprint density at radius 1 is 1.37 bits per heavy atom. The highest BCUT2D eigenvalue weighted by molar-refractivity contribution is 9.10. The van der Waals surface area contributed by atoms with Crippen LogP contribution in [0.5, 0.6) is 11.5 Å². The molecule has 1 saturated heterocycles. The van der Waals surface area contributed by atoms with E-state index in [4.69, 9.17) is 9.47 Å². The summed E-state index contributed by atoms with van der Waals surface area (Å²) in [6.45, 7) is 4.90. The zero-order valence-electron chi connectivity index (χ0n) is 15.4. The van der Waals surface area contributed by atoms with E-state index in [1.165, 1.54) is 0 Å². The van der Waals surface area contributed by atoms with Crippen molar-refractivity contribution < 1.29 is 14.3 Å². The van der Waals surface area contributed by atoms with Crippen LogP contribution in [0.25, 0.3) is 0 Å². The quantitative estimate of drug-likeness (QED) is 0.697. The fraction of sp³-hybridized carbons (Fsp3) is 0.368. The number of nitrogens with zero attached hydrogens (tertiary/aromatic N) is 2. The Kier molecular flexibility index (Phi) is 6.39. The van der Waals surface area contributed by atoms with Crippen molar-refractivity contribution in [2.75, 3.05) is 43.6 Å². The van der Waals surface area contributed by atoms with E-state index in [1.54, 1.807) is 13.3 Å². The molecule has 1 aromatic carbocycles. The molecule has 1 aliphatic heterocycles. The Hall–Kier alpha value is -2.48. The van der Waals surface area contributed by atoms with Crippen molar-refractivity contribution in [1.82, 2.24) is 10.3 Å². The van der Waals surface area contributed by atoms with E-state index >= 15 is 0 Å². The molecule has 8 heteroatoms. The number of rotatable bonds is 7. The van der Waals surface area contributed by atoms with E-state index in [-0.39, 0.29) is 5.91 Å². The molecule has 2 heterocycles. The molecule has 0 radical (unpaired) electrons. The maximum Gasteiger partial charge on any atom is 0.239 e. The number of hydrogen-bond donors (Lipinski definition) is 2. The van der Waals surface area contributed by atoms with Crippen LogP contribution in [0.1, 0.15) is 12.5 Å². The minimum atomic E-state index is 0.0282. The van der Waals surface area contributed by atoms with Gasteiger partial charge in [-0.25, -0.2) is 4.98 Å². The zero-order chi connectivity index (χ0) is 19.2. The first kappa shape index (κ1) is 19.3. The first-order chi connectivity index (χ1) is 13.1. The van der Waals surface area contributed by atoms with Crippen LogP contribution in [0.15, 0.2) is 34.9 Å². The van der Waals surface area contributed by atoms with Crippen LogP contribution in [0.2, 0.25) is 0 Å². The number of anilines is 2. The van der Waals surface area contributed by atoms with Gasteiger partial charge in [-0.15, -0.1) is 0 Å². The third kappa shape index (κ3) is 4.82. The fourth-order valence-electron chi connectivity index (χ4n) is 2.90. The van der Waals surface area contributed by atoms with E-state index in [1.807, 2.05) is 36.1 Å². The first-order valence-corrected chi connectivity index (χ1v) is 9.60. The molecule has 3 rings (SSSR count). The first-order valence-electron chi connectivity index (χ1n) is 8.81. The molecule has 27 heavy (non-hydrogen) atoms. The van der Waals surface area contributed by atoms with Gasteiger partial charge in [0.05, 0.1) is 36.6 Å². The number of aromatic nitrogens is 1. The standard InChI is InChI=1S/C19H23BrN4O3/c1-3-27-16-9-13(8-15(20)19(16)26-2)10-22-14-4-5-17(23-11-14)24-7-6-21-18(25)12-24/h4-5,8-9,11,22H,3,6-7,10,12H2,1-2H3,(H,21,25). The molecule has 0 unspecified atom stereocenters. The van der Waals surface area contributed by atoms with Gasteiger partial charge in [0, 0.05) is 19.6 Å². The van der Waals surface area contributed by atoms with Crippen molar-refractivity contribution in [3.63, 3.8) is 0 Å². The number of methoxy groups -OCH3 is 1. The lowest BCUT2D eigenvalue weighted by Gasteiger charge is -2.27. The Labute approximate surface area is 167 Å². The van der Waals surface area contributed by atoms with E-state index < -0.39 is 0 Å². The van der Waals surface area contributed by atoms with Gasteiger partial charge in [-0.3, -0.25) is 4.79 Å². The molecular weight excluding hydrogens is 412 g/mol. The number of piperazine rings is 1. The number of ether oxygens (including phenoxy) is 2. The highest BCUT2D eigenvalue weighted by Crippen LogP contribution is 2.36. The molecule has 2 N–H and O–H groups in total. The van der Waals surface area contributed by atoms with Gasteiger partial charge in [0.1, 0.15) is 5.82 Å². The molecule has 7 nitrogen and oxygen atoms in total. The molecule has 1 aromatic heterocycles. The van der Waals surface area contributed by atoms with Crippen LogP contribution >= 0.6 is 15.9 Å². The molecule has 2 aromatic rings. The Morgan fingerprint density at radius 2 is 2.22 bits per heavy atom. The van der Waals surface area contributed by atoms with Gasteiger partial charge in [0.2, 0.25) is 5.91 Å². The average Bonchev–Trinajstić information content (AvgIpc) is 2.67. The Balaban J connectivity index is 1.65. The highest BCUT2D eigenvalue weighted by Gasteiger charge is 2.17. The summed E-state index contributed by atoms with van der Waals surface area (Å²) in [5.41, 5.74) is 1.97. The van der Waals surface area contributed by atoms with E-state index in [9.17, 15) is 4.79 Å². The van der Waals surface area contributed by atoms with Crippen molar-refractivity contribution >= 4 is 33.3 Å². The smallest absolute Gasteiger partial charge is 0.239 e. The summed E-state index contributed by atoms with van der Waals surface area (Å²) in [5.74, 6) is 2.24. The number of amides is 1. The molecule has 0 aliphatic carbocycles. The van der Waals surface area contributed by atoms with Crippen LogP contribution in [0.3, 0.4) is 0 Å². The van der Waals surface area contributed by atoms with Crippen molar-refractivity contribution in [3.8, 4) is 11.5 Å². The Morgan fingerprint density at radius 3 is 2.89 bits per heavy atom. The van der Waals surface area contributed by atoms with Crippen LogP contribution in [0, 0.1) is 0 Å². The van der Waals surface area contributed by atoms with Gasteiger partial charge in [-0.2, -0.15) is 0 Å². The van der Waals surface area contributed by atoms with Gasteiger partial charge >= 0.3 is 0 Å². The van der Waals surface area contributed by atoms with Gasteiger partial charge in [0.25, 0.3) is 0 Å². The lowest BCUT2D eigenvalue weighted by atomic mass is 10.2. The van der Waals surface area contributed by atoms with Gasteiger partial charge in [-0.05, 0) is 52.7 Å². The summed E-state index contributed by atoms with van der Waals surface area (Å²) >= 11 is 3.53. The summed E-state index contributed by atoms with van der Waals surface area (Å²) in [7, 11) is 1.62. The minimum Gasteiger partial charge on any atom is -0.492 e. The second-order valence-corrected chi connectivity index (χ2v) is 6.93. The predicted octanol–water partition coefficient (Wildman–Crippen LogP) is 2.80. The largest absolute Gasteiger partial charge is 0.492 e. The Bertz CT molecular complexity index is 798. The van der Waals surface area contributed by atoms with Crippen LogP contribution in [0.4, 0.5) is 11.5 Å². The summed E-state index contributed by atoms with van der Waals surface area (Å²) < 4.78 is 11.9. The fourth-order valence-corrected chi connectivity index (χ4v) is 3.55. The van der Waals surface area contributed by atoms with Gasteiger partial charge in [-0.1, -0.05) is 0 Å². The van der Waals surface area contributed by atoms with Crippen LogP contribution in [-0.2, 0) is 11.3 Å². The lowest BCUT2D eigenvalue weighted by Crippen LogP contribution is -2.48. The molecular formula is C19H23BrN4O3. The molecule has 0 saturated carbocycles. The van der Waals surface area contributed by atoms with E-state index in [0.717, 1.165) is 28.1 Å². The minimum absolute atomic E-state index is 0.0282. The summed E-state index contributed by atoms with van der Waals surface area (Å²) in [5, 5.41) is 6.17.